The molecule has 9 heteroatoms. The number of imidazole rings is 1. The first-order valence-electron chi connectivity index (χ1n) is 12.3. The molecule has 2 amide bonds. The number of amides is 2. The Morgan fingerprint density at radius 3 is 2.47 bits per heavy atom. The maximum Gasteiger partial charge on any atom is 0.317 e. The van der Waals surface area contributed by atoms with E-state index in [-0.39, 0.29) is 11.6 Å². The Labute approximate surface area is 205 Å². The number of benzene rings is 1. The van der Waals surface area contributed by atoms with Crippen molar-refractivity contribution < 1.29 is 4.79 Å². The Kier molecular flexibility index (Phi) is 6.14. The number of carbonyl (C=O) groups excluding carboxylic acids is 1. The van der Waals surface area contributed by atoms with Crippen molar-refractivity contribution in [2.75, 3.05) is 36.4 Å². The van der Waals surface area contributed by atoms with Crippen molar-refractivity contribution in [3.63, 3.8) is 0 Å². The molecule has 2 aliphatic rings. The number of nitrogens with zero attached hydrogens (tertiary/aromatic N) is 5. The van der Waals surface area contributed by atoms with E-state index in [1.165, 1.54) is 18.4 Å². The molecule has 1 aliphatic heterocycles. The zero-order valence-corrected chi connectivity index (χ0v) is 21.4. The summed E-state index contributed by atoms with van der Waals surface area (Å²) in [5, 5.41) is 12.8. The minimum Gasteiger partial charge on any atom is -0.364 e. The van der Waals surface area contributed by atoms with Gasteiger partial charge in [0.15, 0.2) is 5.82 Å². The fourth-order valence-corrected chi connectivity index (χ4v) is 5.75. The van der Waals surface area contributed by atoms with Crippen molar-refractivity contribution in [1.29, 1.82) is 0 Å². The van der Waals surface area contributed by atoms with E-state index in [9.17, 15) is 4.79 Å². The van der Waals surface area contributed by atoms with Gasteiger partial charge in [-0.2, -0.15) is 4.52 Å². The number of carbonyl (C=O) groups is 1. The Morgan fingerprint density at radius 2 is 1.79 bits per heavy atom. The molecular formula is C25H35N7OS. The fraction of sp³-hybridized carbons (Fsp3) is 0.560. The third kappa shape index (κ3) is 4.71. The molecule has 0 atom stereocenters. The highest BCUT2D eigenvalue weighted by atomic mass is 32.1. The molecule has 8 nitrogen and oxygen atoms in total. The number of nitrogens with one attached hydrogen (secondary N) is 2. The molecule has 0 bridgehead atoms. The Balaban J connectivity index is 1.35. The van der Waals surface area contributed by atoms with E-state index < -0.39 is 0 Å². The van der Waals surface area contributed by atoms with E-state index in [1.807, 2.05) is 9.42 Å². The zero-order valence-electron chi connectivity index (χ0n) is 20.6. The van der Waals surface area contributed by atoms with Crippen LogP contribution in [0, 0.1) is 6.92 Å². The van der Waals surface area contributed by atoms with Gasteiger partial charge in [-0.15, -0.1) is 5.10 Å². The highest BCUT2D eigenvalue weighted by Gasteiger charge is 2.28. The van der Waals surface area contributed by atoms with Crippen molar-refractivity contribution in [1.82, 2.24) is 24.8 Å². The first kappa shape index (κ1) is 23.0. The predicted molar refractivity (Wildman–Crippen MR) is 139 cm³/mol. The summed E-state index contributed by atoms with van der Waals surface area (Å²) in [7, 11) is 0. The quantitative estimate of drug-likeness (QED) is 0.562. The first-order valence-corrected chi connectivity index (χ1v) is 13.1. The third-order valence-electron chi connectivity index (χ3n) is 6.61. The summed E-state index contributed by atoms with van der Waals surface area (Å²) in [4.78, 5) is 22.7. The molecule has 5 rings (SSSR count). The Hall–Kier alpha value is -2.81. The molecule has 34 heavy (non-hydrogen) atoms. The Morgan fingerprint density at radius 1 is 1.09 bits per heavy atom. The molecule has 0 unspecified atom stereocenters. The summed E-state index contributed by atoms with van der Waals surface area (Å²) in [5.41, 5.74) is 3.12. The third-order valence-corrected chi connectivity index (χ3v) is 7.58. The predicted octanol–water partition coefficient (Wildman–Crippen LogP) is 4.75. The van der Waals surface area contributed by atoms with Crippen LogP contribution in [0.1, 0.15) is 52.0 Å². The maximum absolute atomic E-state index is 12.6. The lowest BCUT2D eigenvalue weighted by Gasteiger charge is -2.34. The number of urea groups is 1. The van der Waals surface area contributed by atoms with Gasteiger partial charge >= 0.3 is 6.03 Å². The topological polar surface area (TPSA) is 77.8 Å². The normalized spacial score (nSPS) is 17.5. The standard InChI is InChI=1S/C25H35N7OS/c1-17-9-5-8-12-19(17)20-21(28-25(2,3)4)32-23(27-20)34-24(29-32)31-15-13-30(14-16-31)22(33)26-18-10-6-7-11-18/h5,8-9,12,18,28H,6-7,10-11,13-16H2,1-4H3,(H,26,33). The molecule has 1 aliphatic carbocycles. The molecule has 182 valence electrons. The van der Waals surface area contributed by atoms with Crippen molar-refractivity contribution in [2.24, 2.45) is 0 Å². The van der Waals surface area contributed by atoms with Crippen molar-refractivity contribution >= 4 is 33.3 Å². The largest absolute Gasteiger partial charge is 0.364 e. The average Bonchev–Trinajstić information content (AvgIpc) is 3.52. The highest BCUT2D eigenvalue weighted by molar-refractivity contribution is 7.20. The number of rotatable bonds is 4. The summed E-state index contributed by atoms with van der Waals surface area (Å²) in [6, 6.07) is 8.78. The van der Waals surface area contributed by atoms with Gasteiger partial charge in [0.05, 0.1) is 0 Å². The van der Waals surface area contributed by atoms with Crippen LogP contribution in [0.4, 0.5) is 15.7 Å². The van der Waals surface area contributed by atoms with E-state index >= 15 is 0 Å². The summed E-state index contributed by atoms with van der Waals surface area (Å²) < 4.78 is 1.95. The van der Waals surface area contributed by atoms with Crippen LogP contribution in [0.2, 0.25) is 0 Å². The number of piperazine rings is 1. The average molecular weight is 482 g/mol. The van der Waals surface area contributed by atoms with Gasteiger partial charge in [-0.05, 0) is 46.1 Å². The number of hydrogen-bond acceptors (Lipinski definition) is 6. The van der Waals surface area contributed by atoms with Crippen LogP contribution in [0.25, 0.3) is 16.2 Å². The number of anilines is 2. The van der Waals surface area contributed by atoms with Crippen LogP contribution in [0.3, 0.4) is 0 Å². The minimum atomic E-state index is -0.129. The van der Waals surface area contributed by atoms with Crippen LogP contribution < -0.4 is 15.5 Å². The minimum absolute atomic E-state index is 0.0834. The number of aryl methyl sites for hydroxylation is 1. The number of aromatic nitrogens is 3. The van der Waals surface area contributed by atoms with Crippen LogP contribution in [-0.2, 0) is 0 Å². The second-order valence-corrected chi connectivity index (χ2v) is 11.4. The van der Waals surface area contributed by atoms with E-state index in [0.717, 1.165) is 53.1 Å². The lowest BCUT2D eigenvalue weighted by atomic mass is 10.0. The molecule has 1 saturated carbocycles. The van der Waals surface area contributed by atoms with Crippen molar-refractivity contribution in [2.45, 2.75) is 65.0 Å². The summed E-state index contributed by atoms with van der Waals surface area (Å²) in [5.74, 6) is 0.925. The van der Waals surface area contributed by atoms with Gasteiger partial charge in [0.1, 0.15) is 5.69 Å². The van der Waals surface area contributed by atoms with Crippen LogP contribution in [0.5, 0.6) is 0 Å². The first-order chi connectivity index (χ1) is 16.3. The summed E-state index contributed by atoms with van der Waals surface area (Å²) >= 11 is 1.61. The second kappa shape index (κ2) is 9.09. The van der Waals surface area contributed by atoms with Gasteiger partial charge in [-0.25, -0.2) is 9.78 Å². The molecule has 1 aromatic carbocycles. The van der Waals surface area contributed by atoms with Gasteiger partial charge in [-0.1, -0.05) is 48.4 Å². The second-order valence-electron chi connectivity index (χ2n) is 10.5. The highest BCUT2D eigenvalue weighted by Crippen LogP contribution is 2.36. The maximum atomic E-state index is 12.6. The van der Waals surface area contributed by atoms with Crippen molar-refractivity contribution in [3.8, 4) is 11.3 Å². The van der Waals surface area contributed by atoms with E-state index in [2.05, 4.69) is 67.5 Å². The Bertz CT molecular complexity index is 1160. The number of fused-ring (bicyclic) bond motifs is 1. The number of hydrogen-bond donors (Lipinski definition) is 2. The van der Waals surface area contributed by atoms with Crippen LogP contribution in [-0.4, -0.2) is 63.3 Å². The molecule has 2 aromatic heterocycles. The monoisotopic (exact) mass is 481 g/mol. The van der Waals surface area contributed by atoms with E-state index in [1.54, 1.807) is 11.3 Å². The molecule has 2 N–H and O–H groups in total. The molecule has 3 aromatic rings. The van der Waals surface area contributed by atoms with Crippen LogP contribution in [0.15, 0.2) is 24.3 Å². The molecule has 1 saturated heterocycles. The smallest absolute Gasteiger partial charge is 0.317 e. The van der Waals surface area contributed by atoms with Gasteiger partial charge < -0.3 is 20.4 Å². The van der Waals surface area contributed by atoms with E-state index in [0.29, 0.717) is 19.1 Å². The molecule has 0 spiro atoms. The summed E-state index contributed by atoms with van der Waals surface area (Å²) in [6.07, 6.45) is 4.67. The van der Waals surface area contributed by atoms with E-state index in [4.69, 9.17) is 10.1 Å². The van der Waals surface area contributed by atoms with Gasteiger partial charge in [-0.3, -0.25) is 0 Å². The molecule has 3 heterocycles. The summed E-state index contributed by atoms with van der Waals surface area (Å²) in [6.45, 7) is 11.5. The van der Waals surface area contributed by atoms with Gasteiger partial charge in [0, 0.05) is 43.3 Å². The fourth-order valence-electron chi connectivity index (χ4n) is 4.80. The molecule has 0 radical (unpaired) electrons. The SMILES string of the molecule is Cc1ccccc1-c1nc2sc(N3CCN(C(=O)NC4CCCC4)CC3)nn2c1NC(C)(C)C. The molecular weight excluding hydrogens is 446 g/mol. The lowest BCUT2D eigenvalue weighted by Crippen LogP contribution is -2.53. The van der Waals surface area contributed by atoms with Crippen LogP contribution >= 0.6 is 11.3 Å². The zero-order chi connectivity index (χ0) is 23.9. The van der Waals surface area contributed by atoms with Crippen molar-refractivity contribution in [3.05, 3.63) is 29.8 Å². The van der Waals surface area contributed by atoms with Gasteiger partial charge in [0.2, 0.25) is 10.1 Å². The molecule has 2 fully saturated rings. The van der Waals surface area contributed by atoms with Gasteiger partial charge in [0.25, 0.3) is 0 Å². The lowest BCUT2D eigenvalue weighted by molar-refractivity contribution is 0.190.